The molecule has 114 valence electrons. The van der Waals surface area contributed by atoms with Gasteiger partial charge in [-0.3, -0.25) is 9.59 Å². The van der Waals surface area contributed by atoms with Crippen molar-refractivity contribution in [1.82, 2.24) is 5.32 Å². The van der Waals surface area contributed by atoms with Gasteiger partial charge in [-0.15, -0.1) is 0 Å². The number of carbonyl (C=O) groups excluding carboxylic acids is 1. The van der Waals surface area contributed by atoms with Crippen molar-refractivity contribution in [3.05, 3.63) is 0 Å². The van der Waals surface area contributed by atoms with Crippen LogP contribution in [0.5, 0.6) is 0 Å². The van der Waals surface area contributed by atoms with Crippen LogP contribution in [-0.2, 0) is 23.8 Å². The van der Waals surface area contributed by atoms with Crippen LogP contribution in [0.25, 0.3) is 0 Å². The van der Waals surface area contributed by atoms with Crippen molar-refractivity contribution in [2.45, 2.75) is 51.2 Å². The molecule has 2 fully saturated rings. The van der Waals surface area contributed by atoms with Gasteiger partial charge in [0.2, 0.25) is 5.91 Å². The van der Waals surface area contributed by atoms with Gasteiger partial charge in [-0.1, -0.05) is 6.92 Å². The number of carbonyl (C=O) groups is 2. The van der Waals surface area contributed by atoms with Gasteiger partial charge in [-0.2, -0.15) is 0 Å². The number of aliphatic carboxylic acids is 1. The number of carboxylic acid groups (broad SMARTS) is 1. The van der Waals surface area contributed by atoms with Crippen molar-refractivity contribution in [2.24, 2.45) is 5.92 Å². The number of ether oxygens (including phenoxy) is 3. The topological polar surface area (TPSA) is 114 Å². The highest BCUT2D eigenvalue weighted by Crippen LogP contribution is 2.39. The average molecular weight is 289 g/mol. The normalized spacial score (nSPS) is 36.4. The molecule has 0 aromatic heterocycles. The van der Waals surface area contributed by atoms with Crippen LogP contribution >= 0.6 is 0 Å². The highest BCUT2D eigenvalue weighted by molar-refractivity contribution is 5.83. The Morgan fingerprint density at radius 2 is 2.00 bits per heavy atom. The number of fused-ring (bicyclic) bond motifs is 1. The predicted octanol–water partition coefficient (Wildman–Crippen LogP) is -0.939. The first-order chi connectivity index (χ1) is 9.21. The van der Waals surface area contributed by atoms with Gasteiger partial charge in [-0.25, -0.2) is 0 Å². The van der Waals surface area contributed by atoms with Gasteiger partial charge in [0.1, 0.15) is 24.9 Å². The first-order valence-electron chi connectivity index (χ1n) is 6.40. The minimum absolute atomic E-state index is 0.473. The Bertz CT molecular complexity index is 411. The van der Waals surface area contributed by atoms with Gasteiger partial charge in [0.25, 0.3) is 0 Å². The summed E-state index contributed by atoms with van der Waals surface area (Å²) < 4.78 is 16.5. The molecule has 3 N–H and O–H groups in total. The fourth-order valence-electron chi connectivity index (χ4n) is 2.40. The Hall–Kier alpha value is -1.22. The summed E-state index contributed by atoms with van der Waals surface area (Å²) in [5.74, 6) is -3.19. The number of rotatable bonds is 4. The van der Waals surface area contributed by atoms with Crippen molar-refractivity contribution in [3.63, 3.8) is 0 Å². The van der Waals surface area contributed by atoms with E-state index >= 15 is 0 Å². The lowest BCUT2D eigenvalue weighted by Gasteiger charge is -2.25. The van der Waals surface area contributed by atoms with Crippen LogP contribution in [0.1, 0.15) is 20.8 Å². The molecule has 8 nitrogen and oxygen atoms in total. The third kappa shape index (κ3) is 2.93. The average Bonchev–Trinajstić information content (AvgIpc) is 2.79. The van der Waals surface area contributed by atoms with Crippen LogP contribution in [0.2, 0.25) is 0 Å². The van der Waals surface area contributed by atoms with Gasteiger partial charge < -0.3 is 29.7 Å². The number of nitrogens with one attached hydrogen (secondary N) is 1. The van der Waals surface area contributed by atoms with E-state index in [0.29, 0.717) is 0 Å². The molecule has 0 bridgehead atoms. The van der Waals surface area contributed by atoms with Gasteiger partial charge in [0, 0.05) is 0 Å². The fourth-order valence-corrected chi connectivity index (χ4v) is 2.40. The van der Waals surface area contributed by atoms with Crippen LogP contribution < -0.4 is 5.32 Å². The zero-order valence-corrected chi connectivity index (χ0v) is 11.5. The first kappa shape index (κ1) is 15.2. The van der Waals surface area contributed by atoms with E-state index in [1.54, 1.807) is 20.8 Å². The summed E-state index contributed by atoms with van der Waals surface area (Å²) in [6.07, 6.45) is -3.17. The molecule has 5 atom stereocenters. The van der Waals surface area contributed by atoms with E-state index < -0.39 is 54.7 Å². The second kappa shape index (κ2) is 5.28. The molecule has 0 aliphatic carbocycles. The lowest BCUT2D eigenvalue weighted by atomic mass is 9.98. The highest BCUT2D eigenvalue weighted by Gasteiger charge is 2.56. The molecule has 2 aliphatic rings. The molecule has 2 heterocycles. The number of hydrogen-bond donors (Lipinski definition) is 3. The molecule has 1 amide bonds. The molecule has 0 spiro atoms. The van der Waals surface area contributed by atoms with E-state index in [0.717, 1.165) is 0 Å². The van der Waals surface area contributed by atoms with E-state index in [1.165, 1.54) is 0 Å². The molecule has 2 aliphatic heterocycles. The maximum atomic E-state index is 11.8. The second-order valence-electron chi connectivity index (χ2n) is 5.46. The van der Waals surface area contributed by atoms with Gasteiger partial charge in [0.15, 0.2) is 12.1 Å². The number of carboxylic acids is 1. The Kier molecular flexibility index (Phi) is 4.01. The molecule has 0 aromatic carbocycles. The first-order valence-corrected chi connectivity index (χ1v) is 6.40. The molecule has 20 heavy (non-hydrogen) atoms. The van der Waals surface area contributed by atoms with Crippen LogP contribution in [0.3, 0.4) is 0 Å². The molecular formula is C12H19NO7. The quantitative estimate of drug-likeness (QED) is 0.612. The standard InChI is InChI=1S/C12H19NO7/c1-5(10(17)13-4-6(14)15)8-7(16)9-11(18-8)20-12(2,3)19-9/h5,7-9,11,16H,4H2,1-3H3,(H,13,17)(H,14,15). The van der Waals surface area contributed by atoms with Gasteiger partial charge in [-0.05, 0) is 13.8 Å². The maximum Gasteiger partial charge on any atom is 0.322 e. The van der Waals surface area contributed by atoms with Crippen molar-refractivity contribution in [3.8, 4) is 0 Å². The Balaban J connectivity index is 1.95. The molecule has 0 saturated carbocycles. The summed E-state index contributed by atoms with van der Waals surface area (Å²) in [7, 11) is 0. The molecular weight excluding hydrogens is 270 g/mol. The monoisotopic (exact) mass is 289 g/mol. The summed E-state index contributed by atoms with van der Waals surface area (Å²) in [5, 5.41) is 20.9. The maximum absolute atomic E-state index is 11.8. The SMILES string of the molecule is CC(C(=O)NCC(=O)O)C1OC2OC(C)(C)OC2C1O. The van der Waals surface area contributed by atoms with E-state index in [1.807, 2.05) is 0 Å². The summed E-state index contributed by atoms with van der Waals surface area (Å²) >= 11 is 0. The molecule has 2 rings (SSSR count). The number of aliphatic hydroxyl groups is 1. The molecule has 0 radical (unpaired) electrons. The summed E-state index contributed by atoms with van der Waals surface area (Å²) in [6, 6.07) is 0. The third-order valence-electron chi connectivity index (χ3n) is 3.37. The van der Waals surface area contributed by atoms with Crippen molar-refractivity contribution >= 4 is 11.9 Å². The lowest BCUT2D eigenvalue weighted by molar-refractivity contribution is -0.219. The van der Waals surface area contributed by atoms with E-state index in [2.05, 4.69) is 5.32 Å². The van der Waals surface area contributed by atoms with Crippen LogP contribution in [-0.4, -0.2) is 59.0 Å². The van der Waals surface area contributed by atoms with Crippen molar-refractivity contribution in [2.75, 3.05) is 6.54 Å². The summed E-state index contributed by atoms with van der Waals surface area (Å²) in [5.41, 5.74) is 0. The number of aliphatic hydroxyl groups excluding tert-OH is 1. The minimum Gasteiger partial charge on any atom is -0.480 e. The van der Waals surface area contributed by atoms with E-state index in [4.69, 9.17) is 19.3 Å². The number of hydrogen-bond acceptors (Lipinski definition) is 6. The van der Waals surface area contributed by atoms with Crippen molar-refractivity contribution in [1.29, 1.82) is 0 Å². The van der Waals surface area contributed by atoms with Crippen LogP contribution in [0.15, 0.2) is 0 Å². The smallest absolute Gasteiger partial charge is 0.322 e. The van der Waals surface area contributed by atoms with Gasteiger partial charge in [0.05, 0.1) is 5.92 Å². The van der Waals surface area contributed by atoms with E-state index in [9.17, 15) is 14.7 Å². The van der Waals surface area contributed by atoms with E-state index in [-0.39, 0.29) is 0 Å². The van der Waals surface area contributed by atoms with Crippen LogP contribution in [0.4, 0.5) is 0 Å². The van der Waals surface area contributed by atoms with Crippen LogP contribution in [0, 0.1) is 5.92 Å². The Morgan fingerprint density at radius 3 is 2.55 bits per heavy atom. The highest BCUT2D eigenvalue weighted by atomic mass is 16.8. The fraction of sp³-hybridized carbons (Fsp3) is 0.833. The largest absolute Gasteiger partial charge is 0.480 e. The predicted molar refractivity (Wildman–Crippen MR) is 64.5 cm³/mol. The van der Waals surface area contributed by atoms with Gasteiger partial charge >= 0.3 is 5.97 Å². The zero-order valence-electron chi connectivity index (χ0n) is 11.5. The zero-order chi connectivity index (χ0) is 15.1. The summed E-state index contributed by atoms with van der Waals surface area (Å²) in [6.45, 7) is 4.49. The molecule has 0 aromatic rings. The minimum atomic E-state index is -1.14. The second-order valence-corrected chi connectivity index (χ2v) is 5.46. The number of amides is 1. The lowest BCUT2D eigenvalue weighted by Crippen LogP contribution is -2.44. The summed E-state index contributed by atoms with van der Waals surface area (Å²) in [4.78, 5) is 22.2. The molecule has 2 saturated heterocycles. The van der Waals surface area contributed by atoms with Crippen molar-refractivity contribution < 1.29 is 34.0 Å². The molecule has 5 unspecified atom stereocenters. The third-order valence-corrected chi connectivity index (χ3v) is 3.37. The molecule has 8 heteroatoms. The Labute approximate surface area is 116 Å². The Morgan fingerprint density at radius 1 is 1.35 bits per heavy atom.